The number of benzene rings is 2. The Hall–Kier alpha value is -1.74. The number of halogens is 2. The Kier molecular flexibility index (Phi) is 5.07. The van der Waals surface area contributed by atoms with E-state index in [1.807, 2.05) is 39.0 Å². The van der Waals surface area contributed by atoms with Crippen LogP contribution in [0.4, 0.5) is 10.1 Å². The molecule has 0 saturated heterocycles. The van der Waals surface area contributed by atoms with Crippen LogP contribution >= 0.6 is 11.6 Å². The van der Waals surface area contributed by atoms with Gasteiger partial charge >= 0.3 is 0 Å². The van der Waals surface area contributed by atoms with E-state index in [0.717, 1.165) is 22.6 Å². The Bertz CT molecular complexity index is 630. The average molecular weight is 308 g/mol. The molecule has 0 amide bonds. The molecular formula is C17H19ClFNO. The first-order chi connectivity index (χ1) is 10.0. The van der Waals surface area contributed by atoms with E-state index in [4.69, 9.17) is 16.3 Å². The Morgan fingerprint density at radius 2 is 2.00 bits per heavy atom. The molecule has 0 aromatic heterocycles. The third-order valence-electron chi connectivity index (χ3n) is 3.32. The minimum atomic E-state index is -0.398. The van der Waals surface area contributed by atoms with Gasteiger partial charge < -0.3 is 10.1 Å². The molecule has 0 radical (unpaired) electrons. The van der Waals surface area contributed by atoms with Gasteiger partial charge in [0, 0.05) is 11.7 Å². The number of aryl methyl sites for hydroxylation is 1. The lowest BCUT2D eigenvalue weighted by atomic mass is 10.1. The van der Waals surface area contributed by atoms with E-state index >= 15 is 0 Å². The van der Waals surface area contributed by atoms with Gasteiger partial charge in [-0.25, -0.2) is 4.39 Å². The van der Waals surface area contributed by atoms with Crippen LogP contribution in [0.15, 0.2) is 36.4 Å². The van der Waals surface area contributed by atoms with Crippen LogP contribution in [-0.4, -0.2) is 6.61 Å². The summed E-state index contributed by atoms with van der Waals surface area (Å²) in [6, 6.07) is 10.7. The Morgan fingerprint density at radius 3 is 2.62 bits per heavy atom. The molecule has 0 bridgehead atoms. The highest BCUT2D eigenvalue weighted by Gasteiger charge is 2.10. The number of hydrogen-bond acceptors (Lipinski definition) is 2. The molecule has 112 valence electrons. The van der Waals surface area contributed by atoms with Crippen molar-refractivity contribution >= 4 is 17.3 Å². The summed E-state index contributed by atoms with van der Waals surface area (Å²) in [5, 5.41) is 3.55. The predicted molar refractivity (Wildman–Crippen MR) is 85.8 cm³/mol. The molecular weight excluding hydrogens is 289 g/mol. The predicted octanol–water partition coefficient (Wildman–Crippen LogP) is 5.36. The van der Waals surface area contributed by atoms with Gasteiger partial charge in [0.05, 0.1) is 11.6 Å². The van der Waals surface area contributed by atoms with Crippen molar-refractivity contribution in [1.82, 2.24) is 0 Å². The fourth-order valence-electron chi connectivity index (χ4n) is 2.15. The number of nitrogens with one attached hydrogen (secondary N) is 1. The summed E-state index contributed by atoms with van der Waals surface area (Å²) in [5.41, 5.74) is 3.06. The summed E-state index contributed by atoms with van der Waals surface area (Å²) in [7, 11) is 0. The highest BCUT2D eigenvalue weighted by Crippen LogP contribution is 2.27. The van der Waals surface area contributed by atoms with Gasteiger partial charge in [0.15, 0.2) is 0 Å². The molecule has 0 heterocycles. The van der Waals surface area contributed by atoms with Crippen LogP contribution in [0.25, 0.3) is 0 Å². The fourth-order valence-corrected chi connectivity index (χ4v) is 2.34. The van der Waals surface area contributed by atoms with Crippen molar-refractivity contribution in [3.63, 3.8) is 0 Å². The zero-order valence-corrected chi connectivity index (χ0v) is 13.2. The Morgan fingerprint density at radius 1 is 1.24 bits per heavy atom. The van der Waals surface area contributed by atoms with Crippen LogP contribution in [-0.2, 0) is 0 Å². The molecule has 21 heavy (non-hydrogen) atoms. The first-order valence-corrected chi connectivity index (χ1v) is 7.34. The average Bonchev–Trinajstić information content (AvgIpc) is 2.45. The zero-order chi connectivity index (χ0) is 15.4. The molecule has 0 aliphatic heterocycles. The van der Waals surface area contributed by atoms with Crippen molar-refractivity contribution in [1.29, 1.82) is 0 Å². The van der Waals surface area contributed by atoms with E-state index in [-0.39, 0.29) is 11.1 Å². The van der Waals surface area contributed by atoms with Gasteiger partial charge in [-0.05, 0) is 62.2 Å². The topological polar surface area (TPSA) is 21.3 Å². The van der Waals surface area contributed by atoms with Crippen molar-refractivity contribution in [3.8, 4) is 5.75 Å². The van der Waals surface area contributed by atoms with Gasteiger partial charge in [0.2, 0.25) is 0 Å². The van der Waals surface area contributed by atoms with Gasteiger partial charge in [0.25, 0.3) is 0 Å². The van der Waals surface area contributed by atoms with E-state index in [1.165, 1.54) is 6.07 Å². The van der Waals surface area contributed by atoms with Crippen LogP contribution in [0, 0.1) is 12.7 Å². The number of hydrogen-bond donors (Lipinski definition) is 1. The van der Waals surface area contributed by atoms with Crippen molar-refractivity contribution in [2.75, 3.05) is 11.9 Å². The quantitative estimate of drug-likeness (QED) is 0.803. The molecule has 2 aromatic rings. The molecule has 4 heteroatoms. The molecule has 0 aliphatic carbocycles. The lowest BCUT2D eigenvalue weighted by Crippen LogP contribution is -2.08. The van der Waals surface area contributed by atoms with E-state index in [0.29, 0.717) is 6.61 Å². The van der Waals surface area contributed by atoms with E-state index in [2.05, 4.69) is 5.32 Å². The Labute approximate surface area is 129 Å². The third kappa shape index (κ3) is 3.88. The summed E-state index contributed by atoms with van der Waals surface area (Å²) in [6.07, 6.45) is 0. The number of ether oxygens (including phenoxy) is 1. The molecule has 1 atom stereocenters. The molecule has 0 fully saturated rings. The van der Waals surface area contributed by atoms with E-state index < -0.39 is 5.82 Å². The summed E-state index contributed by atoms with van der Waals surface area (Å²) < 4.78 is 18.7. The van der Waals surface area contributed by atoms with Gasteiger partial charge in [-0.3, -0.25) is 0 Å². The van der Waals surface area contributed by atoms with E-state index in [9.17, 15) is 4.39 Å². The summed E-state index contributed by atoms with van der Waals surface area (Å²) >= 11 is 5.83. The summed E-state index contributed by atoms with van der Waals surface area (Å²) in [4.78, 5) is 0. The molecule has 1 unspecified atom stereocenters. The summed E-state index contributed by atoms with van der Waals surface area (Å²) in [6.45, 7) is 6.65. The minimum Gasteiger partial charge on any atom is -0.494 e. The lowest BCUT2D eigenvalue weighted by molar-refractivity contribution is 0.340. The smallest absolute Gasteiger partial charge is 0.141 e. The number of anilines is 1. The van der Waals surface area contributed by atoms with Gasteiger partial charge in [-0.15, -0.1) is 0 Å². The van der Waals surface area contributed by atoms with Gasteiger partial charge in [0.1, 0.15) is 11.6 Å². The van der Waals surface area contributed by atoms with Crippen molar-refractivity contribution in [2.24, 2.45) is 0 Å². The van der Waals surface area contributed by atoms with Crippen LogP contribution in [0.5, 0.6) is 5.75 Å². The van der Waals surface area contributed by atoms with Crippen LogP contribution in [0.1, 0.15) is 31.0 Å². The number of rotatable bonds is 5. The maximum Gasteiger partial charge on any atom is 0.141 e. The second-order valence-electron chi connectivity index (χ2n) is 4.95. The molecule has 0 aliphatic rings. The molecule has 2 nitrogen and oxygen atoms in total. The first-order valence-electron chi connectivity index (χ1n) is 6.96. The van der Waals surface area contributed by atoms with Gasteiger partial charge in [-0.1, -0.05) is 17.7 Å². The van der Waals surface area contributed by atoms with Gasteiger partial charge in [-0.2, -0.15) is 0 Å². The SMILES string of the molecule is CCOc1ccc(NC(C)c2ccc(F)c(Cl)c2)c(C)c1. The minimum absolute atomic E-state index is 0.0275. The Balaban J connectivity index is 2.15. The zero-order valence-electron chi connectivity index (χ0n) is 12.4. The van der Waals surface area contributed by atoms with Crippen molar-refractivity contribution < 1.29 is 9.13 Å². The maximum atomic E-state index is 13.2. The summed E-state index contributed by atoms with van der Waals surface area (Å²) in [5.74, 6) is 0.461. The maximum absolute atomic E-state index is 13.2. The molecule has 1 N–H and O–H groups in total. The normalized spacial score (nSPS) is 12.0. The van der Waals surface area contributed by atoms with Crippen LogP contribution in [0.2, 0.25) is 5.02 Å². The van der Waals surface area contributed by atoms with E-state index in [1.54, 1.807) is 12.1 Å². The second kappa shape index (κ2) is 6.81. The highest BCUT2D eigenvalue weighted by atomic mass is 35.5. The van der Waals surface area contributed by atoms with Crippen molar-refractivity contribution in [2.45, 2.75) is 26.8 Å². The molecule has 0 spiro atoms. The largest absolute Gasteiger partial charge is 0.494 e. The van der Waals surface area contributed by atoms with Crippen LogP contribution in [0.3, 0.4) is 0 Å². The second-order valence-corrected chi connectivity index (χ2v) is 5.36. The standard InChI is InChI=1S/C17H19ClFNO/c1-4-21-14-6-8-17(11(2)9-14)20-12(3)13-5-7-16(19)15(18)10-13/h5-10,12,20H,4H2,1-3H3. The molecule has 2 aromatic carbocycles. The lowest BCUT2D eigenvalue weighted by Gasteiger charge is -2.18. The highest BCUT2D eigenvalue weighted by molar-refractivity contribution is 6.30. The molecule has 0 saturated carbocycles. The molecule has 2 rings (SSSR count). The first kappa shape index (κ1) is 15.6. The third-order valence-corrected chi connectivity index (χ3v) is 3.61. The van der Waals surface area contributed by atoms with Crippen LogP contribution < -0.4 is 10.1 Å². The monoisotopic (exact) mass is 307 g/mol. The van der Waals surface area contributed by atoms with Crippen molar-refractivity contribution in [3.05, 3.63) is 58.4 Å². The fraction of sp³-hybridized carbons (Fsp3) is 0.294.